The molecule has 128 valence electrons. The molecule has 10 nitrogen and oxygen atoms in total. The zero-order chi connectivity index (χ0) is 17.9. The SMILES string of the molecule is CN(C)C(=O)CNC(=O)CN1C(=O)C(=O)N(Cc2ccco2)C1=O. The van der Waals surface area contributed by atoms with Crippen LogP contribution in [-0.2, 0) is 25.7 Å². The molecule has 0 radical (unpaired) electrons. The molecule has 0 bridgehead atoms. The second kappa shape index (κ2) is 6.94. The molecule has 1 aromatic rings. The topological polar surface area (TPSA) is 120 Å². The number of amides is 6. The summed E-state index contributed by atoms with van der Waals surface area (Å²) in [6.45, 7) is -1.11. The van der Waals surface area contributed by atoms with E-state index < -0.39 is 30.3 Å². The molecule has 0 spiro atoms. The molecular weight excluding hydrogens is 320 g/mol. The first kappa shape index (κ1) is 17.2. The van der Waals surface area contributed by atoms with Crippen molar-refractivity contribution in [1.29, 1.82) is 0 Å². The number of hydrogen-bond acceptors (Lipinski definition) is 6. The van der Waals surface area contributed by atoms with Crippen LogP contribution in [0.3, 0.4) is 0 Å². The van der Waals surface area contributed by atoms with Crippen LogP contribution in [-0.4, -0.2) is 71.5 Å². The minimum Gasteiger partial charge on any atom is -0.467 e. The molecule has 24 heavy (non-hydrogen) atoms. The van der Waals surface area contributed by atoms with Gasteiger partial charge in [0.25, 0.3) is 0 Å². The van der Waals surface area contributed by atoms with Gasteiger partial charge in [-0.25, -0.2) is 14.6 Å². The van der Waals surface area contributed by atoms with Gasteiger partial charge in [-0.3, -0.25) is 19.2 Å². The fourth-order valence-corrected chi connectivity index (χ4v) is 1.92. The molecule has 0 saturated carbocycles. The van der Waals surface area contributed by atoms with E-state index in [2.05, 4.69) is 5.32 Å². The molecule has 1 aliphatic rings. The lowest BCUT2D eigenvalue weighted by molar-refractivity contribution is -0.144. The minimum atomic E-state index is -1.10. The van der Waals surface area contributed by atoms with Gasteiger partial charge in [0.2, 0.25) is 11.8 Å². The van der Waals surface area contributed by atoms with Crippen LogP contribution in [0.25, 0.3) is 0 Å². The van der Waals surface area contributed by atoms with Gasteiger partial charge < -0.3 is 14.6 Å². The lowest BCUT2D eigenvalue weighted by Crippen LogP contribution is -2.44. The van der Waals surface area contributed by atoms with E-state index in [1.54, 1.807) is 12.1 Å². The zero-order valence-corrected chi connectivity index (χ0v) is 13.1. The van der Waals surface area contributed by atoms with Gasteiger partial charge in [0, 0.05) is 14.1 Å². The molecule has 2 heterocycles. The average molecular weight is 336 g/mol. The van der Waals surface area contributed by atoms with E-state index in [9.17, 15) is 24.0 Å². The van der Waals surface area contributed by atoms with Crippen molar-refractivity contribution in [3.8, 4) is 0 Å². The quantitative estimate of drug-likeness (QED) is 0.513. The van der Waals surface area contributed by atoms with E-state index in [4.69, 9.17) is 4.42 Å². The number of nitrogens with zero attached hydrogens (tertiary/aromatic N) is 3. The molecule has 0 unspecified atom stereocenters. The van der Waals surface area contributed by atoms with Crippen molar-refractivity contribution in [3.05, 3.63) is 24.2 Å². The second-order valence-electron chi connectivity index (χ2n) is 5.21. The number of furan rings is 1. The maximum atomic E-state index is 12.1. The first-order valence-electron chi connectivity index (χ1n) is 6.97. The van der Waals surface area contributed by atoms with Crippen LogP contribution >= 0.6 is 0 Å². The van der Waals surface area contributed by atoms with E-state index >= 15 is 0 Å². The Kier molecular flexibility index (Phi) is 4.97. The summed E-state index contributed by atoms with van der Waals surface area (Å²) in [7, 11) is 3.04. The fraction of sp³-hybridized carbons (Fsp3) is 0.357. The van der Waals surface area contributed by atoms with Crippen LogP contribution in [0.1, 0.15) is 5.76 Å². The highest BCUT2D eigenvalue weighted by Crippen LogP contribution is 2.15. The Morgan fingerprint density at radius 3 is 2.42 bits per heavy atom. The summed E-state index contributed by atoms with van der Waals surface area (Å²) >= 11 is 0. The number of carbonyl (C=O) groups is 5. The Hall–Kier alpha value is -3.17. The van der Waals surface area contributed by atoms with Gasteiger partial charge in [-0.2, -0.15) is 0 Å². The molecule has 10 heteroatoms. The lowest BCUT2D eigenvalue weighted by atomic mass is 10.4. The Morgan fingerprint density at radius 2 is 1.83 bits per heavy atom. The predicted octanol–water partition coefficient (Wildman–Crippen LogP) is -1.23. The number of likely N-dealkylation sites (N-methyl/N-ethyl adjacent to an activating group) is 1. The van der Waals surface area contributed by atoms with Gasteiger partial charge in [-0.15, -0.1) is 0 Å². The van der Waals surface area contributed by atoms with Gasteiger partial charge in [-0.05, 0) is 12.1 Å². The second-order valence-corrected chi connectivity index (χ2v) is 5.21. The Labute approximate surface area is 137 Å². The summed E-state index contributed by atoms with van der Waals surface area (Å²) in [5.41, 5.74) is 0. The van der Waals surface area contributed by atoms with E-state index in [0.717, 1.165) is 0 Å². The van der Waals surface area contributed by atoms with E-state index in [0.29, 0.717) is 15.6 Å². The highest BCUT2D eigenvalue weighted by Gasteiger charge is 2.45. The zero-order valence-electron chi connectivity index (χ0n) is 13.1. The van der Waals surface area contributed by atoms with Gasteiger partial charge in [0.05, 0.1) is 19.4 Å². The Balaban J connectivity index is 1.96. The predicted molar refractivity (Wildman–Crippen MR) is 78.1 cm³/mol. The molecule has 0 aromatic carbocycles. The van der Waals surface area contributed by atoms with Gasteiger partial charge in [-0.1, -0.05) is 0 Å². The van der Waals surface area contributed by atoms with E-state index in [-0.39, 0.29) is 19.0 Å². The highest BCUT2D eigenvalue weighted by atomic mass is 16.3. The third kappa shape index (κ3) is 3.59. The molecule has 1 fully saturated rings. The number of rotatable bonds is 6. The molecule has 0 aliphatic carbocycles. The average Bonchev–Trinajstić information content (AvgIpc) is 3.11. The van der Waals surface area contributed by atoms with E-state index in [1.807, 2.05) is 0 Å². The number of carbonyl (C=O) groups excluding carboxylic acids is 5. The molecular formula is C14H16N4O6. The molecule has 1 aromatic heterocycles. The third-order valence-electron chi connectivity index (χ3n) is 3.27. The number of imide groups is 2. The molecule has 0 atom stereocenters. The summed E-state index contributed by atoms with van der Waals surface area (Å²) in [5.74, 6) is -2.88. The van der Waals surface area contributed by atoms with Crippen molar-refractivity contribution >= 4 is 29.7 Å². The van der Waals surface area contributed by atoms with Crippen LogP contribution in [0.2, 0.25) is 0 Å². The summed E-state index contributed by atoms with van der Waals surface area (Å²) in [6.07, 6.45) is 1.37. The van der Waals surface area contributed by atoms with Gasteiger partial charge in [0.1, 0.15) is 12.3 Å². The molecule has 1 aliphatic heterocycles. The summed E-state index contributed by atoms with van der Waals surface area (Å²) in [4.78, 5) is 61.5. The maximum absolute atomic E-state index is 12.1. The third-order valence-corrected chi connectivity index (χ3v) is 3.27. The van der Waals surface area contributed by atoms with Crippen LogP contribution in [0.4, 0.5) is 4.79 Å². The van der Waals surface area contributed by atoms with Crippen molar-refractivity contribution in [3.63, 3.8) is 0 Å². The summed E-state index contributed by atoms with van der Waals surface area (Å²) < 4.78 is 5.03. The maximum Gasteiger partial charge on any atom is 0.335 e. The van der Waals surface area contributed by atoms with Crippen molar-refractivity contribution in [2.24, 2.45) is 0 Å². The number of nitrogens with one attached hydrogen (secondary N) is 1. The van der Waals surface area contributed by atoms with Crippen molar-refractivity contribution in [1.82, 2.24) is 20.0 Å². The van der Waals surface area contributed by atoms with E-state index in [1.165, 1.54) is 25.3 Å². The van der Waals surface area contributed by atoms with Crippen molar-refractivity contribution in [2.75, 3.05) is 27.2 Å². The summed E-state index contributed by atoms with van der Waals surface area (Å²) in [6, 6.07) is 2.22. The van der Waals surface area contributed by atoms with Crippen molar-refractivity contribution in [2.45, 2.75) is 6.54 Å². The Morgan fingerprint density at radius 1 is 1.17 bits per heavy atom. The minimum absolute atomic E-state index is 0.201. The number of hydrogen-bond donors (Lipinski definition) is 1. The van der Waals surface area contributed by atoms with Crippen LogP contribution in [0.15, 0.2) is 22.8 Å². The van der Waals surface area contributed by atoms with Crippen molar-refractivity contribution < 1.29 is 28.4 Å². The normalized spacial score (nSPS) is 14.3. The lowest BCUT2D eigenvalue weighted by Gasteiger charge is -2.15. The monoisotopic (exact) mass is 336 g/mol. The molecule has 1 saturated heterocycles. The highest BCUT2D eigenvalue weighted by molar-refractivity contribution is 6.44. The van der Waals surface area contributed by atoms with Gasteiger partial charge >= 0.3 is 17.8 Å². The van der Waals surface area contributed by atoms with Crippen LogP contribution in [0.5, 0.6) is 0 Å². The Bertz CT molecular complexity index is 681. The van der Waals surface area contributed by atoms with Crippen LogP contribution < -0.4 is 5.32 Å². The fourth-order valence-electron chi connectivity index (χ4n) is 1.92. The molecule has 6 amide bonds. The first-order chi connectivity index (χ1) is 11.3. The molecule has 1 N–H and O–H groups in total. The summed E-state index contributed by atoms with van der Waals surface area (Å²) in [5, 5.41) is 2.28. The molecule has 2 rings (SSSR count). The van der Waals surface area contributed by atoms with Crippen LogP contribution in [0, 0.1) is 0 Å². The smallest absolute Gasteiger partial charge is 0.335 e. The first-order valence-corrected chi connectivity index (χ1v) is 6.97. The number of urea groups is 1. The van der Waals surface area contributed by atoms with Gasteiger partial charge in [0.15, 0.2) is 0 Å². The largest absolute Gasteiger partial charge is 0.467 e. The standard InChI is InChI=1S/C14H16N4O6/c1-16(2)11(20)6-15-10(19)8-18-13(22)12(21)17(14(18)23)7-9-4-3-5-24-9/h3-5H,6-8H2,1-2H3,(H,15,19).